The molecular weight excluding hydrogens is 250 g/mol. The van der Waals surface area contributed by atoms with E-state index >= 15 is 0 Å². The first kappa shape index (κ1) is 16.5. The van der Waals surface area contributed by atoms with Gasteiger partial charge in [-0.2, -0.15) is 26.3 Å². The monoisotopic (exact) mass is 266 g/mol. The van der Waals surface area contributed by atoms with Crippen molar-refractivity contribution in [3.63, 3.8) is 0 Å². The summed E-state index contributed by atoms with van der Waals surface area (Å²) in [5.41, 5.74) is 0. The van der Waals surface area contributed by atoms with E-state index in [9.17, 15) is 26.3 Å². The van der Waals surface area contributed by atoms with Crippen LogP contribution in [0.1, 0.15) is 19.3 Å². The van der Waals surface area contributed by atoms with Gasteiger partial charge in [-0.1, -0.05) is 0 Å². The molecule has 0 unspecified atom stereocenters. The van der Waals surface area contributed by atoms with Crippen molar-refractivity contribution in [1.29, 1.82) is 0 Å². The van der Waals surface area contributed by atoms with Gasteiger partial charge in [-0.3, -0.25) is 0 Å². The summed E-state index contributed by atoms with van der Waals surface area (Å²) in [6.45, 7) is -0.229. The molecule has 0 radical (unpaired) electrons. The Bertz CT molecular complexity index is 169. The van der Waals surface area contributed by atoms with Gasteiger partial charge in [0.25, 0.3) is 0 Å². The Morgan fingerprint density at radius 1 is 0.647 bits per heavy atom. The van der Waals surface area contributed by atoms with Crippen molar-refractivity contribution in [3.05, 3.63) is 0 Å². The average Bonchev–Trinajstić information content (AvgIpc) is 2.11. The predicted molar refractivity (Wildman–Crippen MR) is 51.7 cm³/mol. The fourth-order valence-corrected chi connectivity index (χ4v) is 1.11. The SMILES string of the molecule is FC(F)(F)CCCCNCCNCC(F)(F)F. The van der Waals surface area contributed by atoms with Crippen molar-refractivity contribution in [2.24, 2.45) is 0 Å². The number of rotatable bonds is 8. The van der Waals surface area contributed by atoms with E-state index in [1.807, 2.05) is 0 Å². The largest absolute Gasteiger partial charge is 0.401 e. The van der Waals surface area contributed by atoms with E-state index in [1.54, 1.807) is 0 Å². The summed E-state index contributed by atoms with van der Waals surface area (Å²) in [4.78, 5) is 0. The van der Waals surface area contributed by atoms with Crippen LogP contribution in [-0.2, 0) is 0 Å². The average molecular weight is 266 g/mol. The van der Waals surface area contributed by atoms with Crippen LogP contribution in [0.2, 0.25) is 0 Å². The lowest BCUT2D eigenvalue weighted by Crippen LogP contribution is -2.34. The number of alkyl halides is 6. The molecule has 0 saturated heterocycles. The van der Waals surface area contributed by atoms with Gasteiger partial charge in [-0.25, -0.2) is 0 Å². The second-order valence-electron chi connectivity index (χ2n) is 3.61. The fraction of sp³-hybridized carbons (Fsp3) is 1.00. The molecule has 2 N–H and O–H groups in total. The Balaban J connectivity index is 3.15. The van der Waals surface area contributed by atoms with Crippen molar-refractivity contribution in [3.8, 4) is 0 Å². The topological polar surface area (TPSA) is 24.1 Å². The van der Waals surface area contributed by atoms with Gasteiger partial charge in [0.05, 0.1) is 6.54 Å². The molecule has 0 atom stereocenters. The van der Waals surface area contributed by atoms with Gasteiger partial charge in [0, 0.05) is 19.5 Å². The van der Waals surface area contributed by atoms with Crippen LogP contribution >= 0.6 is 0 Å². The molecule has 0 aliphatic heterocycles. The number of halogens is 6. The van der Waals surface area contributed by atoms with Gasteiger partial charge in [-0.05, 0) is 19.4 Å². The van der Waals surface area contributed by atoms with Crippen LogP contribution in [0.4, 0.5) is 26.3 Å². The van der Waals surface area contributed by atoms with E-state index in [0.717, 1.165) is 0 Å². The third kappa shape index (κ3) is 15.5. The smallest absolute Gasteiger partial charge is 0.315 e. The third-order valence-electron chi connectivity index (χ3n) is 1.87. The van der Waals surface area contributed by atoms with Crippen LogP contribution in [0.25, 0.3) is 0 Å². The van der Waals surface area contributed by atoms with Gasteiger partial charge in [0.1, 0.15) is 0 Å². The maximum absolute atomic E-state index is 11.7. The molecule has 8 heteroatoms. The third-order valence-corrected chi connectivity index (χ3v) is 1.87. The van der Waals surface area contributed by atoms with Gasteiger partial charge in [0.15, 0.2) is 0 Å². The molecule has 104 valence electrons. The second kappa shape index (κ2) is 7.75. The van der Waals surface area contributed by atoms with Crippen molar-refractivity contribution in [1.82, 2.24) is 10.6 Å². The summed E-state index contributed by atoms with van der Waals surface area (Å²) in [5.74, 6) is 0. The number of nitrogens with one attached hydrogen (secondary N) is 2. The molecule has 0 aliphatic carbocycles. The van der Waals surface area contributed by atoms with Crippen LogP contribution in [-0.4, -0.2) is 38.5 Å². The van der Waals surface area contributed by atoms with Gasteiger partial charge >= 0.3 is 12.4 Å². The summed E-state index contributed by atoms with van der Waals surface area (Å²) >= 11 is 0. The molecule has 0 bridgehead atoms. The molecule has 2 nitrogen and oxygen atoms in total. The minimum Gasteiger partial charge on any atom is -0.315 e. The first-order valence-electron chi connectivity index (χ1n) is 5.26. The zero-order valence-corrected chi connectivity index (χ0v) is 9.22. The van der Waals surface area contributed by atoms with E-state index < -0.39 is 25.3 Å². The Morgan fingerprint density at radius 2 is 1.24 bits per heavy atom. The minimum atomic E-state index is -4.23. The lowest BCUT2D eigenvalue weighted by molar-refractivity contribution is -0.135. The molecule has 0 aromatic heterocycles. The Labute approximate surface area is 95.8 Å². The highest BCUT2D eigenvalue weighted by Crippen LogP contribution is 2.21. The van der Waals surface area contributed by atoms with Crippen LogP contribution in [0.5, 0.6) is 0 Å². The van der Waals surface area contributed by atoms with Crippen LogP contribution in [0.3, 0.4) is 0 Å². The summed E-state index contributed by atoms with van der Waals surface area (Å²) < 4.78 is 70.1. The number of unbranched alkanes of at least 4 members (excludes halogenated alkanes) is 1. The Hall–Kier alpha value is -0.500. The highest BCUT2D eigenvalue weighted by molar-refractivity contribution is 4.58. The molecule has 0 aromatic rings. The van der Waals surface area contributed by atoms with Crippen LogP contribution in [0, 0.1) is 0 Å². The Kier molecular flexibility index (Phi) is 7.53. The van der Waals surface area contributed by atoms with E-state index in [2.05, 4.69) is 10.6 Å². The quantitative estimate of drug-likeness (QED) is 0.521. The molecule has 17 heavy (non-hydrogen) atoms. The molecule has 0 saturated carbocycles. The van der Waals surface area contributed by atoms with Gasteiger partial charge < -0.3 is 10.6 Å². The Morgan fingerprint density at radius 3 is 1.76 bits per heavy atom. The van der Waals surface area contributed by atoms with Gasteiger partial charge in [0.2, 0.25) is 0 Å². The standard InChI is InChI=1S/C9H16F6N2/c10-8(11,12)3-1-2-4-16-5-6-17-7-9(13,14)15/h16-17H,1-7H2. The van der Waals surface area contributed by atoms with Crippen molar-refractivity contribution in [2.45, 2.75) is 31.6 Å². The molecule has 0 heterocycles. The molecule has 0 aliphatic rings. The first-order chi connectivity index (χ1) is 7.71. The van der Waals surface area contributed by atoms with E-state index in [-0.39, 0.29) is 13.0 Å². The normalized spacial score (nSPS) is 13.1. The molecule has 0 amide bonds. The molecular formula is C9H16F6N2. The van der Waals surface area contributed by atoms with E-state index in [1.165, 1.54) is 0 Å². The molecule has 0 rings (SSSR count). The zero-order chi connectivity index (χ0) is 13.4. The van der Waals surface area contributed by atoms with Gasteiger partial charge in [-0.15, -0.1) is 0 Å². The highest BCUT2D eigenvalue weighted by atomic mass is 19.4. The summed E-state index contributed by atoms with van der Waals surface area (Å²) in [6.07, 6.45) is -8.78. The van der Waals surface area contributed by atoms with E-state index in [4.69, 9.17) is 0 Å². The number of hydrogen-bond acceptors (Lipinski definition) is 2. The lowest BCUT2D eigenvalue weighted by Gasteiger charge is -2.09. The second-order valence-corrected chi connectivity index (χ2v) is 3.61. The minimum absolute atomic E-state index is 0.0342. The van der Waals surface area contributed by atoms with E-state index in [0.29, 0.717) is 19.5 Å². The molecule has 0 spiro atoms. The zero-order valence-electron chi connectivity index (χ0n) is 9.22. The lowest BCUT2D eigenvalue weighted by atomic mass is 10.2. The van der Waals surface area contributed by atoms with Crippen molar-refractivity contribution in [2.75, 3.05) is 26.2 Å². The molecule has 0 aromatic carbocycles. The summed E-state index contributed by atoms with van der Waals surface area (Å²) in [5, 5.41) is 4.93. The maximum Gasteiger partial charge on any atom is 0.401 e. The summed E-state index contributed by atoms with van der Waals surface area (Å²) in [6, 6.07) is 0. The van der Waals surface area contributed by atoms with Crippen molar-refractivity contribution >= 4 is 0 Å². The maximum atomic E-state index is 11.7. The fourth-order valence-electron chi connectivity index (χ4n) is 1.11. The van der Waals surface area contributed by atoms with Crippen molar-refractivity contribution < 1.29 is 26.3 Å². The summed E-state index contributed by atoms with van der Waals surface area (Å²) in [7, 11) is 0. The highest BCUT2D eigenvalue weighted by Gasteiger charge is 2.26. The predicted octanol–water partition coefficient (Wildman–Crippen LogP) is 2.46. The van der Waals surface area contributed by atoms with Crippen LogP contribution < -0.4 is 10.6 Å². The number of hydrogen-bond donors (Lipinski definition) is 2. The van der Waals surface area contributed by atoms with Crippen LogP contribution in [0.15, 0.2) is 0 Å². The molecule has 0 fully saturated rings. The first-order valence-corrected chi connectivity index (χ1v) is 5.26.